The second kappa shape index (κ2) is 6.46. The monoisotopic (exact) mass is 266 g/mol. The number of hydrogen-bond donors (Lipinski definition) is 1. The van der Waals surface area contributed by atoms with Crippen molar-refractivity contribution < 1.29 is 9.13 Å². The Morgan fingerprint density at radius 2 is 2.32 bits per heavy atom. The van der Waals surface area contributed by atoms with E-state index in [4.69, 9.17) is 10.5 Å². The Hall–Kier alpha value is -0.970. The van der Waals surface area contributed by atoms with Crippen LogP contribution < -0.4 is 5.73 Å². The quantitative estimate of drug-likeness (QED) is 0.888. The molecule has 2 rings (SSSR count). The zero-order valence-corrected chi connectivity index (χ0v) is 11.7. The molecule has 0 spiro atoms. The Labute approximate surface area is 114 Å². The number of halogens is 1. The van der Waals surface area contributed by atoms with Crippen molar-refractivity contribution in [1.29, 1.82) is 0 Å². The highest BCUT2D eigenvalue weighted by molar-refractivity contribution is 5.26. The summed E-state index contributed by atoms with van der Waals surface area (Å²) in [4.78, 5) is 2.17. The number of aryl methyl sites for hydroxylation is 1. The molecule has 1 aliphatic heterocycles. The summed E-state index contributed by atoms with van der Waals surface area (Å²) in [5.74, 6) is -0.165. The van der Waals surface area contributed by atoms with Crippen molar-refractivity contribution >= 4 is 0 Å². The lowest BCUT2D eigenvalue weighted by Crippen LogP contribution is -2.36. The van der Waals surface area contributed by atoms with Crippen molar-refractivity contribution in [2.45, 2.75) is 31.9 Å². The lowest BCUT2D eigenvalue weighted by molar-refractivity contribution is 0.0689. The molecule has 0 bridgehead atoms. The molecule has 1 aromatic carbocycles. The minimum absolute atomic E-state index is 0.0410. The van der Waals surface area contributed by atoms with Crippen LogP contribution in [0.2, 0.25) is 0 Å². The van der Waals surface area contributed by atoms with Crippen LogP contribution in [0.3, 0.4) is 0 Å². The van der Waals surface area contributed by atoms with E-state index in [9.17, 15) is 4.39 Å². The van der Waals surface area contributed by atoms with E-state index in [-0.39, 0.29) is 18.0 Å². The fourth-order valence-corrected chi connectivity index (χ4v) is 2.62. The summed E-state index contributed by atoms with van der Waals surface area (Å²) in [6, 6.07) is 5.41. The molecule has 0 saturated carbocycles. The van der Waals surface area contributed by atoms with Crippen molar-refractivity contribution in [2.24, 2.45) is 5.73 Å². The normalized spacial score (nSPS) is 21.0. The van der Waals surface area contributed by atoms with Crippen LogP contribution in [-0.4, -0.2) is 37.7 Å². The summed E-state index contributed by atoms with van der Waals surface area (Å²) >= 11 is 0. The van der Waals surface area contributed by atoms with Crippen molar-refractivity contribution in [3.63, 3.8) is 0 Å². The fourth-order valence-electron chi connectivity index (χ4n) is 2.62. The van der Waals surface area contributed by atoms with E-state index >= 15 is 0 Å². The Morgan fingerprint density at radius 3 is 2.89 bits per heavy atom. The number of benzene rings is 1. The molecule has 2 N–H and O–H groups in total. The summed E-state index contributed by atoms with van der Waals surface area (Å²) in [5, 5.41) is 0. The molecule has 1 aliphatic rings. The Morgan fingerprint density at radius 1 is 1.53 bits per heavy atom. The third-order valence-electron chi connectivity index (χ3n) is 3.85. The van der Waals surface area contributed by atoms with Crippen molar-refractivity contribution in [2.75, 3.05) is 26.7 Å². The van der Waals surface area contributed by atoms with Crippen LogP contribution in [0.5, 0.6) is 0 Å². The SMILES string of the molecule is Cc1ccc(C(CN)N(C)CC2CCCO2)cc1F. The van der Waals surface area contributed by atoms with Crippen LogP contribution in [-0.2, 0) is 4.74 Å². The largest absolute Gasteiger partial charge is 0.377 e. The minimum atomic E-state index is -0.165. The summed E-state index contributed by atoms with van der Waals surface area (Å²) in [5.41, 5.74) is 7.47. The van der Waals surface area contributed by atoms with Gasteiger partial charge in [-0.25, -0.2) is 4.39 Å². The Bertz CT molecular complexity index is 419. The average molecular weight is 266 g/mol. The number of nitrogens with two attached hydrogens (primary N) is 1. The molecule has 2 atom stereocenters. The average Bonchev–Trinajstić information content (AvgIpc) is 2.87. The zero-order valence-electron chi connectivity index (χ0n) is 11.7. The van der Waals surface area contributed by atoms with Crippen molar-refractivity contribution in [3.05, 3.63) is 35.1 Å². The van der Waals surface area contributed by atoms with Gasteiger partial charge >= 0.3 is 0 Å². The van der Waals surface area contributed by atoms with E-state index in [2.05, 4.69) is 4.90 Å². The van der Waals surface area contributed by atoms with E-state index in [1.807, 2.05) is 19.2 Å². The summed E-state index contributed by atoms with van der Waals surface area (Å²) in [6.07, 6.45) is 2.52. The molecule has 1 fully saturated rings. The minimum Gasteiger partial charge on any atom is -0.377 e. The van der Waals surface area contributed by atoms with Gasteiger partial charge in [0.05, 0.1) is 6.10 Å². The Balaban J connectivity index is 2.06. The third kappa shape index (κ3) is 3.53. The lowest BCUT2D eigenvalue weighted by Gasteiger charge is -2.29. The maximum Gasteiger partial charge on any atom is 0.126 e. The van der Waals surface area contributed by atoms with E-state index in [1.54, 1.807) is 13.0 Å². The maximum atomic E-state index is 13.7. The van der Waals surface area contributed by atoms with Gasteiger partial charge in [-0.05, 0) is 44.0 Å². The molecule has 1 heterocycles. The first kappa shape index (κ1) is 14.4. The predicted octanol–water partition coefficient (Wildman–Crippen LogP) is 2.24. The maximum absolute atomic E-state index is 13.7. The summed E-state index contributed by atoms with van der Waals surface area (Å²) < 4.78 is 19.3. The van der Waals surface area contributed by atoms with Gasteiger partial charge in [0.1, 0.15) is 5.82 Å². The van der Waals surface area contributed by atoms with E-state index < -0.39 is 0 Å². The fraction of sp³-hybridized carbons (Fsp3) is 0.600. The summed E-state index contributed by atoms with van der Waals surface area (Å²) in [6.45, 7) is 3.95. The van der Waals surface area contributed by atoms with Gasteiger partial charge in [-0.15, -0.1) is 0 Å². The molecular formula is C15H23FN2O. The molecule has 0 aromatic heterocycles. The second-order valence-electron chi connectivity index (χ2n) is 5.33. The smallest absolute Gasteiger partial charge is 0.126 e. The summed E-state index contributed by atoms with van der Waals surface area (Å²) in [7, 11) is 2.02. The molecule has 0 radical (unpaired) electrons. The van der Waals surface area contributed by atoms with Crippen LogP contribution in [0.15, 0.2) is 18.2 Å². The highest BCUT2D eigenvalue weighted by Gasteiger charge is 2.22. The predicted molar refractivity (Wildman–Crippen MR) is 74.5 cm³/mol. The highest BCUT2D eigenvalue weighted by atomic mass is 19.1. The molecule has 3 nitrogen and oxygen atoms in total. The van der Waals surface area contributed by atoms with Gasteiger partial charge in [0.25, 0.3) is 0 Å². The number of rotatable bonds is 5. The Kier molecular flexibility index (Phi) is 4.91. The van der Waals surface area contributed by atoms with Crippen LogP contribution >= 0.6 is 0 Å². The topological polar surface area (TPSA) is 38.5 Å². The molecule has 19 heavy (non-hydrogen) atoms. The first-order valence-electron chi connectivity index (χ1n) is 6.89. The van der Waals surface area contributed by atoms with E-state index in [0.29, 0.717) is 12.1 Å². The van der Waals surface area contributed by atoms with Crippen LogP contribution in [0.25, 0.3) is 0 Å². The highest BCUT2D eigenvalue weighted by Crippen LogP contribution is 2.23. The van der Waals surface area contributed by atoms with Gasteiger partial charge in [-0.3, -0.25) is 4.90 Å². The molecular weight excluding hydrogens is 243 g/mol. The van der Waals surface area contributed by atoms with E-state index in [0.717, 1.165) is 31.6 Å². The lowest BCUT2D eigenvalue weighted by atomic mass is 10.0. The number of hydrogen-bond acceptors (Lipinski definition) is 3. The number of ether oxygens (including phenoxy) is 1. The van der Waals surface area contributed by atoms with Crippen LogP contribution in [0, 0.1) is 12.7 Å². The number of likely N-dealkylation sites (N-methyl/N-ethyl adjacent to an activating group) is 1. The molecule has 106 valence electrons. The van der Waals surface area contributed by atoms with E-state index in [1.165, 1.54) is 0 Å². The third-order valence-corrected chi connectivity index (χ3v) is 3.85. The molecule has 0 amide bonds. The van der Waals surface area contributed by atoms with Crippen molar-refractivity contribution in [1.82, 2.24) is 4.90 Å². The second-order valence-corrected chi connectivity index (χ2v) is 5.33. The van der Waals surface area contributed by atoms with Gasteiger partial charge < -0.3 is 10.5 Å². The molecule has 1 aromatic rings. The van der Waals surface area contributed by atoms with Gasteiger partial charge in [0.15, 0.2) is 0 Å². The van der Waals surface area contributed by atoms with Crippen LogP contribution in [0.4, 0.5) is 4.39 Å². The molecule has 4 heteroatoms. The number of nitrogens with zero attached hydrogens (tertiary/aromatic N) is 1. The van der Waals surface area contributed by atoms with Gasteiger partial charge in [0, 0.05) is 25.7 Å². The van der Waals surface area contributed by atoms with Gasteiger partial charge in [-0.2, -0.15) is 0 Å². The first-order valence-corrected chi connectivity index (χ1v) is 6.89. The standard InChI is InChI=1S/C15H23FN2O/c1-11-5-6-12(8-14(11)16)15(9-17)18(2)10-13-4-3-7-19-13/h5-6,8,13,15H,3-4,7,9-10,17H2,1-2H3. The van der Waals surface area contributed by atoms with Crippen molar-refractivity contribution in [3.8, 4) is 0 Å². The molecule has 0 aliphatic carbocycles. The molecule has 1 saturated heterocycles. The van der Waals surface area contributed by atoms with Gasteiger partial charge in [-0.1, -0.05) is 12.1 Å². The molecule has 2 unspecified atom stereocenters. The zero-order chi connectivity index (χ0) is 13.8. The van der Waals surface area contributed by atoms with Gasteiger partial charge in [0.2, 0.25) is 0 Å². The van der Waals surface area contributed by atoms with Crippen LogP contribution in [0.1, 0.15) is 30.0 Å². The first-order chi connectivity index (χ1) is 9.11.